The van der Waals surface area contributed by atoms with Crippen molar-refractivity contribution in [3.8, 4) is 6.07 Å². The number of hydrogen-bond acceptors (Lipinski definition) is 2. The highest BCUT2D eigenvalue weighted by Gasteiger charge is 2.26. The largest absolute Gasteiger partial charge is 0.308 e. The highest BCUT2D eigenvalue weighted by Crippen LogP contribution is 2.48. The predicted octanol–water partition coefficient (Wildman–Crippen LogP) is 10.4. The minimum Gasteiger partial charge on any atom is -0.308 e. The van der Waals surface area contributed by atoms with Crippen molar-refractivity contribution in [2.45, 2.75) is 12.8 Å². The van der Waals surface area contributed by atoms with Gasteiger partial charge in [0.2, 0.25) is 0 Å². The van der Waals surface area contributed by atoms with Gasteiger partial charge in [0.05, 0.1) is 39.0 Å². The van der Waals surface area contributed by atoms with Gasteiger partial charge < -0.3 is 8.97 Å². The van der Waals surface area contributed by atoms with Gasteiger partial charge in [-0.2, -0.15) is 5.26 Å². The summed E-state index contributed by atoms with van der Waals surface area (Å²) in [5.41, 5.74) is 9.65. The molecule has 6 aromatic carbocycles. The van der Waals surface area contributed by atoms with Gasteiger partial charge in [-0.15, -0.1) is 0 Å². The fourth-order valence-electron chi connectivity index (χ4n) is 7.76. The fourth-order valence-corrected chi connectivity index (χ4v) is 7.76. The Morgan fingerprint density at radius 2 is 1.34 bits per heavy atom. The number of allylic oxidation sites excluding steroid dienone is 1. The molecule has 3 aromatic heterocycles. The minimum absolute atomic E-state index is 0.569. The van der Waals surface area contributed by atoms with E-state index in [2.05, 4.69) is 124 Å². The van der Waals surface area contributed by atoms with E-state index < -0.39 is 0 Å². The quantitative estimate of drug-likeness (QED) is 0.197. The van der Waals surface area contributed by atoms with Gasteiger partial charge >= 0.3 is 0 Å². The van der Waals surface area contributed by atoms with E-state index in [1.165, 1.54) is 70.7 Å². The van der Waals surface area contributed by atoms with Crippen LogP contribution in [0.4, 0.5) is 5.69 Å². The summed E-state index contributed by atoms with van der Waals surface area (Å²) in [5.74, 6) is 0. The van der Waals surface area contributed by atoms with Gasteiger partial charge in [0.15, 0.2) is 0 Å². The topological polar surface area (TPSA) is 45.5 Å². The molecule has 0 spiro atoms. The summed E-state index contributed by atoms with van der Waals surface area (Å²) in [6, 6.07) is 43.9. The number of aromatic nitrogens is 2. The summed E-state index contributed by atoms with van der Waals surface area (Å²) in [6.45, 7) is 0. The second-order valence-electron chi connectivity index (χ2n) is 11.7. The van der Waals surface area contributed by atoms with Crippen molar-refractivity contribution in [1.29, 1.82) is 5.26 Å². The Hall–Kier alpha value is -5.92. The van der Waals surface area contributed by atoms with E-state index in [4.69, 9.17) is 4.99 Å². The third-order valence-electron chi connectivity index (χ3n) is 9.51. The van der Waals surface area contributed by atoms with Crippen LogP contribution in [0.5, 0.6) is 0 Å². The first-order chi connectivity index (χ1) is 21.8. The lowest BCUT2D eigenvalue weighted by molar-refractivity contribution is 1.07. The molecule has 0 radical (unpaired) electrons. The maximum absolute atomic E-state index is 9.79. The summed E-state index contributed by atoms with van der Waals surface area (Å²) in [5, 5.41) is 19.9. The van der Waals surface area contributed by atoms with E-state index in [-0.39, 0.29) is 0 Å². The summed E-state index contributed by atoms with van der Waals surface area (Å²) >= 11 is 0. The molecule has 0 bridgehead atoms. The van der Waals surface area contributed by atoms with Crippen LogP contribution in [0, 0.1) is 11.3 Å². The molecule has 0 N–H and O–H groups in total. The van der Waals surface area contributed by atoms with Gasteiger partial charge in [-0.1, -0.05) is 91.0 Å². The molecule has 10 rings (SSSR count). The van der Waals surface area contributed by atoms with E-state index in [0.29, 0.717) is 12.1 Å². The normalized spacial score (nSPS) is 15.2. The molecule has 1 aliphatic rings. The number of hydrogen-bond donors (Lipinski definition) is 0. The lowest BCUT2D eigenvalue weighted by Crippen LogP contribution is -2.04. The number of nitrogens with zero attached hydrogens (tertiary/aromatic N) is 4. The Bertz CT molecular complexity index is 2780. The molecule has 4 nitrogen and oxygen atoms in total. The maximum atomic E-state index is 9.79. The second-order valence-corrected chi connectivity index (χ2v) is 11.7. The Morgan fingerprint density at radius 1 is 0.614 bits per heavy atom. The maximum Gasteiger partial charge on any atom is 0.118 e. The number of aliphatic imine (C=N–C) groups is 1. The summed E-state index contributed by atoms with van der Waals surface area (Å²) < 4.78 is 4.94. The Kier molecular flexibility index (Phi) is 4.60. The van der Waals surface area contributed by atoms with Crippen molar-refractivity contribution in [2.24, 2.45) is 4.99 Å². The number of benzene rings is 6. The van der Waals surface area contributed by atoms with E-state index in [9.17, 15) is 5.26 Å². The molecule has 0 saturated carbocycles. The second kappa shape index (κ2) is 8.56. The summed E-state index contributed by atoms with van der Waals surface area (Å²) in [7, 11) is 0. The zero-order valence-corrected chi connectivity index (χ0v) is 23.8. The molecule has 0 saturated heterocycles. The summed E-state index contributed by atoms with van der Waals surface area (Å²) in [4.78, 5) is 4.85. The summed E-state index contributed by atoms with van der Waals surface area (Å²) in [6.07, 6.45) is 3.66. The standard InChI is InChI=1S/C40H24N4/c41-23-25-11-9-19-34(28-14-3-6-16-32(28)42-25)44-36-21-20-24-10-1-2-12-26(24)37(36)31-22-30-27-13-4-7-17-33(27)43-35-18-8-5-15-29(35)38(39(30)43)40(31)44/h1-8,10,12-22H,9,11H2/b34-19+,42-25?. The highest BCUT2D eigenvalue weighted by molar-refractivity contribution is 6.36. The van der Waals surface area contributed by atoms with E-state index in [1.54, 1.807) is 0 Å². The van der Waals surface area contributed by atoms with E-state index >= 15 is 0 Å². The molecule has 204 valence electrons. The lowest BCUT2D eigenvalue weighted by Gasteiger charge is -2.18. The molecule has 0 fully saturated rings. The number of fused-ring (bicyclic) bond motifs is 13. The number of nitriles is 1. The Balaban J connectivity index is 1.50. The lowest BCUT2D eigenvalue weighted by atomic mass is 10.0. The first kappa shape index (κ1) is 23.6. The average molecular weight is 561 g/mol. The number of rotatable bonds is 1. The Morgan fingerprint density at radius 3 is 2.20 bits per heavy atom. The van der Waals surface area contributed by atoms with Gasteiger partial charge in [-0.25, -0.2) is 4.99 Å². The van der Waals surface area contributed by atoms with Crippen LogP contribution in [0.2, 0.25) is 0 Å². The zero-order chi connectivity index (χ0) is 28.9. The first-order valence-electron chi connectivity index (χ1n) is 15.1. The molecular formula is C40H24N4. The minimum atomic E-state index is 0.569. The van der Waals surface area contributed by atoms with Gasteiger partial charge in [0.1, 0.15) is 11.8 Å². The first-order valence-corrected chi connectivity index (χ1v) is 15.1. The van der Waals surface area contributed by atoms with Gasteiger partial charge in [0.25, 0.3) is 0 Å². The van der Waals surface area contributed by atoms with Crippen molar-refractivity contribution >= 4 is 87.8 Å². The van der Waals surface area contributed by atoms with Crippen molar-refractivity contribution < 1.29 is 0 Å². The third kappa shape index (κ3) is 2.93. The SMILES string of the molecule is N#CC1=Nc2ccccc2/C(n2c3ccc4ccccc4c3c3cc4c5ccccc5n5c6ccccc6c(c32)c45)=C\CC1. The molecule has 0 unspecified atom stereocenters. The molecule has 0 atom stereocenters. The smallest absolute Gasteiger partial charge is 0.118 e. The van der Waals surface area contributed by atoms with Crippen molar-refractivity contribution in [2.75, 3.05) is 0 Å². The Labute approximate surface area is 252 Å². The van der Waals surface area contributed by atoms with Gasteiger partial charge in [-0.3, -0.25) is 0 Å². The van der Waals surface area contributed by atoms with Crippen LogP contribution < -0.4 is 0 Å². The van der Waals surface area contributed by atoms with E-state index in [1.807, 2.05) is 12.1 Å². The van der Waals surface area contributed by atoms with Crippen molar-refractivity contribution in [3.05, 3.63) is 127 Å². The number of para-hydroxylation sites is 3. The highest BCUT2D eigenvalue weighted by atomic mass is 15.0. The zero-order valence-electron chi connectivity index (χ0n) is 23.8. The van der Waals surface area contributed by atoms with Crippen molar-refractivity contribution in [3.63, 3.8) is 0 Å². The van der Waals surface area contributed by atoms with Crippen LogP contribution in [0.25, 0.3) is 76.4 Å². The third-order valence-corrected chi connectivity index (χ3v) is 9.51. The molecule has 9 aromatic rings. The average Bonchev–Trinajstić information content (AvgIpc) is 3.70. The van der Waals surface area contributed by atoms with Crippen LogP contribution in [0.1, 0.15) is 18.4 Å². The molecule has 4 heteroatoms. The molecule has 44 heavy (non-hydrogen) atoms. The van der Waals surface area contributed by atoms with Gasteiger partial charge in [-0.05, 0) is 47.5 Å². The van der Waals surface area contributed by atoms with Crippen LogP contribution in [-0.2, 0) is 0 Å². The van der Waals surface area contributed by atoms with Crippen LogP contribution in [0.3, 0.4) is 0 Å². The molecule has 1 aliphatic heterocycles. The molecule has 0 aliphatic carbocycles. The van der Waals surface area contributed by atoms with Crippen LogP contribution in [0.15, 0.2) is 126 Å². The van der Waals surface area contributed by atoms with Crippen molar-refractivity contribution in [1.82, 2.24) is 8.97 Å². The van der Waals surface area contributed by atoms with Crippen LogP contribution >= 0.6 is 0 Å². The van der Waals surface area contributed by atoms with E-state index in [0.717, 1.165) is 23.4 Å². The molecule has 0 amide bonds. The van der Waals surface area contributed by atoms with Gasteiger partial charge in [0, 0.05) is 44.3 Å². The fraction of sp³-hybridized carbons (Fsp3) is 0.0500. The predicted molar refractivity (Wildman–Crippen MR) is 183 cm³/mol. The van der Waals surface area contributed by atoms with Crippen LogP contribution in [-0.4, -0.2) is 14.7 Å². The molecule has 4 heterocycles. The monoisotopic (exact) mass is 560 g/mol. The molecular weight excluding hydrogens is 536 g/mol.